The van der Waals surface area contributed by atoms with Gasteiger partial charge in [0, 0.05) is 41.8 Å². The van der Waals surface area contributed by atoms with Gasteiger partial charge in [-0.25, -0.2) is 4.98 Å². The Bertz CT molecular complexity index is 1490. The molecule has 0 bridgehead atoms. The van der Waals surface area contributed by atoms with Crippen LogP contribution in [0.1, 0.15) is 49.2 Å². The first-order valence-corrected chi connectivity index (χ1v) is 12.0. The molecule has 39 heavy (non-hydrogen) atoms. The van der Waals surface area contributed by atoms with Gasteiger partial charge in [0.1, 0.15) is 11.7 Å². The van der Waals surface area contributed by atoms with Crippen LogP contribution in [0, 0.1) is 0 Å². The van der Waals surface area contributed by atoms with Gasteiger partial charge in [-0.1, -0.05) is 18.2 Å². The lowest BCUT2D eigenvalue weighted by Crippen LogP contribution is -2.40. The number of likely N-dealkylation sites (tertiary alicyclic amines) is 1. The molecule has 8 nitrogen and oxygen atoms in total. The van der Waals surface area contributed by atoms with Crippen LogP contribution < -0.4 is 11.1 Å². The molecule has 13 heteroatoms. The fourth-order valence-corrected chi connectivity index (χ4v) is 4.70. The molecule has 1 amide bonds. The first-order chi connectivity index (χ1) is 17.4. The zero-order chi connectivity index (χ0) is 26.5. The molecule has 4 heterocycles. The Morgan fingerprint density at radius 1 is 1.08 bits per heavy atom. The van der Waals surface area contributed by atoms with Gasteiger partial charge < -0.3 is 11.1 Å². The summed E-state index contributed by atoms with van der Waals surface area (Å²) in [5.74, 6) is 0.0846. The number of carbonyl (C=O) groups is 1. The van der Waals surface area contributed by atoms with Crippen molar-refractivity contribution in [2.24, 2.45) is 5.73 Å². The normalized spacial score (nSPS) is 17.1. The number of nitrogens with two attached hydrogens (primary N) is 1. The van der Waals surface area contributed by atoms with E-state index in [4.69, 9.17) is 5.73 Å². The molecule has 1 aliphatic rings. The molecule has 0 unspecified atom stereocenters. The van der Waals surface area contributed by atoms with Crippen molar-refractivity contribution in [3.8, 4) is 11.5 Å². The molecule has 3 N–H and O–H groups in total. The van der Waals surface area contributed by atoms with E-state index < -0.39 is 17.8 Å². The third-order valence-corrected chi connectivity index (χ3v) is 6.34. The quantitative estimate of drug-likeness (QED) is 0.352. The van der Waals surface area contributed by atoms with Crippen molar-refractivity contribution >= 4 is 47.3 Å². The van der Waals surface area contributed by atoms with Crippen LogP contribution >= 0.6 is 24.8 Å². The Morgan fingerprint density at radius 2 is 1.79 bits per heavy atom. The van der Waals surface area contributed by atoms with Gasteiger partial charge in [-0.15, -0.1) is 35.0 Å². The van der Waals surface area contributed by atoms with Gasteiger partial charge in [0.05, 0.1) is 5.52 Å². The molecular formula is C26H30Cl2F3N7O. The number of carbonyl (C=O) groups excluding carboxylic acids is 1. The van der Waals surface area contributed by atoms with Crippen LogP contribution in [-0.4, -0.2) is 61.2 Å². The highest BCUT2D eigenvalue weighted by molar-refractivity contribution is 5.98. The van der Waals surface area contributed by atoms with Gasteiger partial charge in [0.25, 0.3) is 5.91 Å². The molecule has 2 atom stereocenters. The number of benzene rings is 1. The van der Waals surface area contributed by atoms with E-state index in [0.29, 0.717) is 34.7 Å². The SMILES string of the molecule is CC(C)(C)NC(=O)c1ccc2ccc(-c3nnc4ccc([C@@H](N5CC[C@@H](N)C5)C(F)(F)F)cn34)nc2c1.Cl.Cl. The molecule has 1 aromatic carbocycles. The second-order valence-corrected chi connectivity index (χ2v) is 10.5. The van der Waals surface area contributed by atoms with Crippen molar-refractivity contribution in [3.63, 3.8) is 0 Å². The Morgan fingerprint density at radius 3 is 2.44 bits per heavy atom. The maximum atomic E-state index is 14.1. The average molecular weight is 584 g/mol. The van der Waals surface area contributed by atoms with E-state index in [0.717, 1.165) is 5.39 Å². The standard InChI is InChI=1S/C26H28F3N7O.2ClH/c1-25(2,3)32-24(37)16-5-4-15-6-8-19(31-20(15)12-16)23-34-33-21-9-7-17(13-36(21)23)22(26(27,28)29)35-11-10-18(30)14-35;;/h4-9,12-13,18,22H,10-11,14,30H2,1-3H3,(H,32,37);2*1H/t18-,22-;;/m1../s1. The largest absolute Gasteiger partial charge is 0.408 e. The fourth-order valence-electron chi connectivity index (χ4n) is 4.70. The number of nitrogens with zero attached hydrogens (tertiary/aromatic N) is 5. The Kier molecular flexibility index (Phi) is 8.81. The predicted octanol–water partition coefficient (Wildman–Crippen LogP) is 4.95. The van der Waals surface area contributed by atoms with Gasteiger partial charge in [-0.2, -0.15) is 13.2 Å². The molecule has 0 aliphatic carbocycles. The highest BCUT2D eigenvalue weighted by atomic mass is 35.5. The molecule has 4 aromatic rings. The van der Waals surface area contributed by atoms with Crippen molar-refractivity contribution in [3.05, 3.63) is 59.8 Å². The third kappa shape index (κ3) is 6.43. The molecular weight excluding hydrogens is 554 g/mol. The maximum absolute atomic E-state index is 14.1. The lowest BCUT2D eigenvalue weighted by Gasteiger charge is -2.30. The zero-order valence-corrected chi connectivity index (χ0v) is 23.2. The monoisotopic (exact) mass is 583 g/mol. The number of nitrogens with one attached hydrogen (secondary N) is 1. The van der Waals surface area contributed by atoms with Gasteiger partial charge in [0.15, 0.2) is 11.5 Å². The van der Waals surface area contributed by atoms with Crippen LogP contribution in [0.5, 0.6) is 0 Å². The van der Waals surface area contributed by atoms with Crippen molar-refractivity contribution in [1.29, 1.82) is 0 Å². The minimum absolute atomic E-state index is 0. The average Bonchev–Trinajstić information content (AvgIpc) is 3.42. The Hall–Kier alpha value is -2.99. The maximum Gasteiger partial charge on any atom is 0.408 e. The fraction of sp³-hybridized carbons (Fsp3) is 0.385. The number of aromatic nitrogens is 4. The van der Waals surface area contributed by atoms with Crippen LogP contribution in [0.25, 0.3) is 28.1 Å². The number of amides is 1. The van der Waals surface area contributed by atoms with Crippen LogP contribution in [0.15, 0.2) is 48.7 Å². The van der Waals surface area contributed by atoms with Crippen molar-refractivity contribution in [1.82, 2.24) is 29.8 Å². The minimum Gasteiger partial charge on any atom is -0.347 e. The summed E-state index contributed by atoms with van der Waals surface area (Å²) >= 11 is 0. The van der Waals surface area contributed by atoms with E-state index in [1.807, 2.05) is 26.8 Å². The van der Waals surface area contributed by atoms with Gasteiger partial charge in [0.2, 0.25) is 0 Å². The van der Waals surface area contributed by atoms with E-state index >= 15 is 0 Å². The summed E-state index contributed by atoms with van der Waals surface area (Å²) < 4.78 is 44.0. The number of alkyl halides is 3. The van der Waals surface area contributed by atoms with Gasteiger partial charge in [-0.05, 0) is 57.0 Å². The van der Waals surface area contributed by atoms with E-state index in [1.165, 1.54) is 27.6 Å². The summed E-state index contributed by atoms with van der Waals surface area (Å²) in [6.45, 7) is 6.14. The van der Waals surface area contributed by atoms with E-state index in [2.05, 4.69) is 20.5 Å². The Labute approximate surface area is 236 Å². The number of fused-ring (bicyclic) bond motifs is 2. The third-order valence-electron chi connectivity index (χ3n) is 6.34. The van der Waals surface area contributed by atoms with Crippen molar-refractivity contribution in [2.45, 2.75) is 51.0 Å². The molecule has 0 radical (unpaired) electrons. The minimum atomic E-state index is -4.48. The highest BCUT2D eigenvalue weighted by Crippen LogP contribution is 2.39. The molecule has 1 saturated heterocycles. The topological polar surface area (TPSA) is 101 Å². The van der Waals surface area contributed by atoms with Crippen LogP contribution in [0.3, 0.4) is 0 Å². The molecule has 1 fully saturated rings. The molecule has 0 spiro atoms. The molecule has 0 saturated carbocycles. The summed E-state index contributed by atoms with van der Waals surface area (Å²) in [6.07, 6.45) is -2.54. The smallest absolute Gasteiger partial charge is 0.347 e. The van der Waals surface area contributed by atoms with E-state index in [9.17, 15) is 18.0 Å². The molecule has 1 aliphatic heterocycles. The summed E-state index contributed by atoms with van der Waals surface area (Å²) in [5.41, 5.74) is 7.43. The van der Waals surface area contributed by atoms with Crippen LogP contribution in [-0.2, 0) is 0 Å². The van der Waals surface area contributed by atoms with Crippen LogP contribution in [0.4, 0.5) is 13.2 Å². The lowest BCUT2D eigenvalue weighted by atomic mass is 10.1. The zero-order valence-electron chi connectivity index (χ0n) is 21.6. The molecule has 3 aromatic heterocycles. The summed E-state index contributed by atoms with van der Waals surface area (Å²) in [7, 11) is 0. The van der Waals surface area contributed by atoms with E-state index in [1.54, 1.807) is 24.3 Å². The van der Waals surface area contributed by atoms with Crippen molar-refractivity contribution in [2.75, 3.05) is 13.1 Å². The highest BCUT2D eigenvalue weighted by Gasteiger charge is 2.46. The number of hydrogen-bond acceptors (Lipinski definition) is 6. The van der Waals surface area contributed by atoms with Gasteiger partial charge in [-0.3, -0.25) is 14.1 Å². The summed E-state index contributed by atoms with van der Waals surface area (Å²) in [4.78, 5) is 18.7. The number of rotatable bonds is 4. The van der Waals surface area contributed by atoms with Crippen molar-refractivity contribution < 1.29 is 18.0 Å². The predicted molar refractivity (Wildman–Crippen MR) is 148 cm³/mol. The molecule has 210 valence electrons. The second-order valence-electron chi connectivity index (χ2n) is 10.5. The van der Waals surface area contributed by atoms with Crippen LogP contribution in [0.2, 0.25) is 0 Å². The summed E-state index contributed by atoms with van der Waals surface area (Å²) in [5, 5.41) is 12.1. The first-order valence-electron chi connectivity index (χ1n) is 12.0. The second kappa shape index (κ2) is 11.2. The number of pyridine rings is 2. The Balaban J connectivity index is 0.00000210. The molecule has 5 rings (SSSR count). The number of hydrogen-bond donors (Lipinski definition) is 2. The number of halogens is 5. The van der Waals surface area contributed by atoms with E-state index in [-0.39, 0.29) is 55.4 Å². The lowest BCUT2D eigenvalue weighted by molar-refractivity contribution is -0.183. The van der Waals surface area contributed by atoms with Gasteiger partial charge >= 0.3 is 6.18 Å². The summed E-state index contributed by atoms with van der Waals surface area (Å²) in [6, 6.07) is 9.68. The first kappa shape index (κ1) is 30.6.